The summed E-state index contributed by atoms with van der Waals surface area (Å²) in [6, 6.07) is 17.9. The van der Waals surface area contributed by atoms with Crippen molar-refractivity contribution in [3.8, 4) is 0 Å². The van der Waals surface area contributed by atoms with Gasteiger partial charge in [-0.05, 0) is 42.5 Å². The largest absolute Gasteiger partial charge is 0.381 e. The van der Waals surface area contributed by atoms with Gasteiger partial charge in [-0.3, -0.25) is 0 Å². The molecule has 1 heterocycles. The lowest BCUT2D eigenvalue weighted by Gasteiger charge is -2.39. The molecule has 0 amide bonds. The Kier molecular flexibility index (Phi) is 5.64. The van der Waals surface area contributed by atoms with E-state index in [1.807, 2.05) is 12.1 Å². The zero-order valence-corrected chi connectivity index (χ0v) is 14.3. The lowest BCUT2D eigenvalue weighted by molar-refractivity contribution is 0.0487. The van der Waals surface area contributed by atoms with Crippen molar-refractivity contribution < 1.29 is 9.13 Å². The van der Waals surface area contributed by atoms with Gasteiger partial charge in [-0.15, -0.1) is 0 Å². The molecule has 1 aliphatic heterocycles. The van der Waals surface area contributed by atoms with Gasteiger partial charge < -0.3 is 10.1 Å². The molecule has 128 valence electrons. The smallest absolute Gasteiger partial charge is 0.123 e. The molecule has 2 aromatic carbocycles. The second-order valence-electron chi connectivity index (χ2n) is 6.66. The lowest BCUT2D eigenvalue weighted by atomic mass is 9.74. The van der Waals surface area contributed by atoms with Crippen molar-refractivity contribution in [3.63, 3.8) is 0 Å². The average molecular weight is 327 g/mol. The molecule has 3 rings (SSSR count). The summed E-state index contributed by atoms with van der Waals surface area (Å²) in [4.78, 5) is 0. The molecule has 0 aliphatic carbocycles. The summed E-state index contributed by atoms with van der Waals surface area (Å²) in [5, 5.41) is 3.74. The van der Waals surface area contributed by atoms with Crippen LogP contribution in [0.1, 0.15) is 43.4 Å². The Labute approximate surface area is 144 Å². The molecule has 1 N–H and O–H groups in total. The fraction of sp³-hybridized carbons (Fsp3) is 0.429. The quantitative estimate of drug-likeness (QED) is 0.836. The summed E-state index contributed by atoms with van der Waals surface area (Å²) in [5.41, 5.74) is 2.34. The zero-order chi connectivity index (χ0) is 16.8. The highest BCUT2D eigenvalue weighted by atomic mass is 19.1. The van der Waals surface area contributed by atoms with Gasteiger partial charge in [0.05, 0.1) is 0 Å². The fourth-order valence-corrected chi connectivity index (χ4v) is 3.65. The third-order valence-electron chi connectivity index (χ3n) is 5.18. The normalized spacial score (nSPS) is 18.2. The first-order valence-corrected chi connectivity index (χ1v) is 8.86. The highest BCUT2D eigenvalue weighted by molar-refractivity contribution is 5.28. The molecule has 1 atom stereocenters. The van der Waals surface area contributed by atoms with Gasteiger partial charge in [0, 0.05) is 31.2 Å². The van der Waals surface area contributed by atoms with Crippen molar-refractivity contribution in [3.05, 3.63) is 71.5 Å². The topological polar surface area (TPSA) is 21.3 Å². The van der Waals surface area contributed by atoms with E-state index in [0.717, 1.165) is 44.6 Å². The number of nitrogens with one attached hydrogen (secondary N) is 1. The van der Waals surface area contributed by atoms with Gasteiger partial charge in [0.1, 0.15) is 5.82 Å². The minimum atomic E-state index is -0.159. The van der Waals surface area contributed by atoms with E-state index in [9.17, 15) is 4.39 Å². The van der Waals surface area contributed by atoms with Crippen molar-refractivity contribution in [2.45, 2.75) is 37.6 Å². The van der Waals surface area contributed by atoms with Crippen LogP contribution in [-0.2, 0) is 10.2 Å². The Bertz CT molecular complexity index is 637. The molecule has 2 nitrogen and oxygen atoms in total. The third kappa shape index (κ3) is 3.85. The van der Waals surface area contributed by atoms with Crippen LogP contribution in [0.4, 0.5) is 4.39 Å². The van der Waals surface area contributed by atoms with Crippen LogP contribution in [0, 0.1) is 5.82 Å². The Balaban J connectivity index is 1.80. The van der Waals surface area contributed by atoms with E-state index in [1.54, 1.807) is 6.07 Å². The second-order valence-corrected chi connectivity index (χ2v) is 6.66. The summed E-state index contributed by atoms with van der Waals surface area (Å²) in [6.07, 6.45) is 2.88. The van der Waals surface area contributed by atoms with Gasteiger partial charge in [0.2, 0.25) is 0 Å². The van der Waals surface area contributed by atoms with Crippen molar-refractivity contribution in [2.75, 3.05) is 19.8 Å². The summed E-state index contributed by atoms with van der Waals surface area (Å²) >= 11 is 0. The molecule has 0 spiro atoms. The van der Waals surface area contributed by atoms with E-state index in [2.05, 4.69) is 42.6 Å². The molecular formula is C21H26FNO. The Morgan fingerprint density at radius 1 is 1.08 bits per heavy atom. The number of halogens is 1. The van der Waals surface area contributed by atoms with Crippen LogP contribution in [0.25, 0.3) is 0 Å². The SMILES string of the molecule is CCC(NCC1(c2cccc(F)c2)CCOCC1)c1ccccc1. The van der Waals surface area contributed by atoms with E-state index >= 15 is 0 Å². The molecule has 1 unspecified atom stereocenters. The van der Waals surface area contributed by atoms with Crippen LogP contribution in [0.2, 0.25) is 0 Å². The minimum Gasteiger partial charge on any atom is -0.381 e. The molecule has 0 radical (unpaired) electrons. The van der Waals surface area contributed by atoms with Gasteiger partial charge in [-0.25, -0.2) is 4.39 Å². The highest BCUT2D eigenvalue weighted by Gasteiger charge is 2.35. The summed E-state index contributed by atoms with van der Waals surface area (Å²) in [5.74, 6) is -0.159. The summed E-state index contributed by atoms with van der Waals surface area (Å²) in [7, 11) is 0. The predicted molar refractivity (Wildman–Crippen MR) is 95.6 cm³/mol. The Morgan fingerprint density at radius 2 is 1.83 bits per heavy atom. The van der Waals surface area contributed by atoms with E-state index in [0.29, 0.717) is 6.04 Å². The lowest BCUT2D eigenvalue weighted by Crippen LogP contribution is -2.43. The third-order valence-corrected chi connectivity index (χ3v) is 5.18. The maximum absolute atomic E-state index is 13.8. The van der Waals surface area contributed by atoms with Gasteiger partial charge >= 0.3 is 0 Å². The molecule has 3 heteroatoms. The van der Waals surface area contributed by atoms with Crippen LogP contribution in [0.15, 0.2) is 54.6 Å². The minimum absolute atomic E-state index is 0.0530. The van der Waals surface area contributed by atoms with E-state index in [4.69, 9.17) is 4.74 Å². The maximum atomic E-state index is 13.8. The van der Waals surface area contributed by atoms with Crippen LogP contribution in [0.3, 0.4) is 0 Å². The number of ether oxygens (including phenoxy) is 1. The molecule has 0 saturated carbocycles. The first-order valence-electron chi connectivity index (χ1n) is 8.86. The number of hydrogen-bond acceptors (Lipinski definition) is 2. The maximum Gasteiger partial charge on any atom is 0.123 e. The van der Waals surface area contributed by atoms with Crippen LogP contribution in [-0.4, -0.2) is 19.8 Å². The van der Waals surface area contributed by atoms with Gasteiger partial charge in [0.25, 0.3) is 0 Å². The van der Waals surface area contributed by atoms with E-state index in [1.165, 1.54) is 11.6 Å². The standard InChI is InChI=1S/C21H26FNO/c1-2-20(17-7-4-3-5-8-17)23-16-21(11-13-24-14-12-21)18-9-6-10-19(22)15-18/h3-10,15,20,23H,2,11-14,16H2,1H3. The second kappa shape index (κ2) is 7.91. The monoisotopic (exact) mass is 327 g/mol. The van der Waals surface area contributed by atoms with Crippen molar-refractivity contribution in [1.29, 1.82) is 0 Å². The van der Waals surface area contributed by atoms with Gasteiger partial charge in [0.15, 0.2) is 0 Å². The first kappa shape index (κ1) is 17.1. The zero-order valence-electron chi connectivity index (χ0n) is 14.3. The van der Waals surface area contributed by atoms with E-state index in [-0.39, 0.29) is 11.2 Å². The summed E-state index contributed by atoms with van der Waals surface area (Å²) < 4.78 is 19.3. The van der Waals surface area contributed by atoms with Crippen LogP contribution < -0.4 is 5.32 Å². The van der Waals surface area contributed by atoms with E-state index < -0.39 is 0 Å². The van der Waals surface area contributed by atoms with Crippen molar-refractivity contribution in [2.24, 2.45) is 0 Å². The molecule has 24 heavy (non-hydrogen) atoms. The average Bonchev–Trinajstić information content (AvgIpc) is 2.64. The molecule has 1 aliphatic rings. The van der Waals surface area contributed by atoms with Crippen LogP contribution in [0.5, 0.6) is 0 Å². The molecule has 1 saturated heterocycles. The number of hydrogen-bond donors (Lipinski definition) is 1. The predicted octanol–water partition coefficient (Wildman–Crippen LogP) is 4.61. The summed E-state index contributed by atoms with van der Waals surface area (Å²) in [6.45, 7) is 4.51. The van der Waals surface area contributed by atoms with Crippen molar-refractivity contribution in [1.82, 2.24) is 5.32 Å². The molecule has 1 fully saturated rings. The van der Waals surface area contributed by atoms with Crippen molar-refractivity contribution >= 4 is 0 Å². The molecular weight excluding hydrogens is 301 g/mol. The Hall–Kier alpha value is -1.71. The van der Waals surface area contributed by atoms with Crippen LogP contribution >= 0.6 is 0 Å². The number of rotatable bonds is 6. The first-order chi connectivity index (χ1) is 11.7. The molecule has 0 aromatic heterocycles. The van der Waals surface area contributed by atoms with Gasteiger partial charge in [-0.2, -0.15) is 0 Å². The Morgan fingerprint density at radius 3 is 2.50 bits per heavy atom. The molecule has 0 bridgehead atoms. The molecule has 2 aromatic rings. The van der Waals surface area contributed by atoms with Gasteiger partial charge in [-0.1, -0.05) is 49.4 Å². The number of benzene rings is 2. The highest BCUT2D eigenvalue weighted by Crippen LogP contribution is 2.35. The fourth-order valence-electron chi connectivity index (χ4n) is 3.65.